The lowest BCUT2D eigenvalue weighted by atomic mass is 10.1. The molecule has 0 aliphatic rings. The largest absolute Gasteiger partial charge is 0.466 e. The van der Waals surface area contributed by atoms with Crippen molar-refractivity contribution in [3.63, 3.8) is 0 Å². The molecule has 1 aromatic rings. The number of carbonyl (C=O) groups excluding carboxylic acids is 1. The smallest absolute Gasteiger partial charge is 0.307 e. The van der Waals surface area contributed by atoms with Gasteiger partial charge in [0.05, 0.1) is 23.1 Å². The van der Waals surface area contributed by atoms with Crippen molar-refractivity contribution in [3.8, 4) is 0 Å². The fourth-order valence-corrected chi connectivity index (χ4v) is 2.07. The number of carbonyl (C=O) groups is 1. The summed E-state index contributed by atoms with van der Waals surface area (Å²) in [6.45, 7) is 2.01. The zero-order chi connectivity index (χ0) is 13.0. The molecule has 0 fully saturated rings. The zero-order valence-electron chi connectivity index (χ0n) is 9.45. The summed E-state index contributed by atoms with van der Waals surface area (Å²) >= 11 is 17.6. The van der Waals surface area contributed by atoms with Crippen LogP contribution < -0.4 is 5.73 Å². The topological polar surface area (TPSA) is 65.2 Å². The normalized spacial score (nSPS) is 11.6. The van der Waals surface area contributed by atoms with Crippen LogP contribution in [0.25, 0.3) is 0 Å². The average Bonchev–Trinajstić information content (AvgIpc) is 2.24. The second kappa shape index (κ2) is 8.02. The van der Waals surface area contributed by atoms with Crippen LogP contribution in [0.1, 0.15) is 24.9 Å². The van der Waals surface area contributed by atoms with Gasteiger partial charge in [-0.25, -0.2) is 4.98 Å². The quantitative estimate of drug-likeness (QED) is 0.677. The summed E-state index contributed by atoms with van der Waals surface area (Å²) in [5, 5.41) is 0.539. The zero-order valence-corrected chi connectivity index (χ0v) is 12.5. The first-order valence-electron chi connectivity index (χ1n) is 4.88. The van der Waals surface area contributed by atoms with Crippen molar-refractivity contribution >= 4 is 53.2 Å². The first-order chi connectivity index (χ1) is 7.97. The molecule has 0 amide bonds. The molecule has 18 heavy (non-hydrogen) atoms. The van der Waals surface area contributed by atoms with Gasteiger partial charge in [-0.1, -0.05) is 34.8 Å². The van der Waals surface area contributed by atoms with Gasteiger partial charge < -0.3 is 10.5 Å². The van der Waals surface area contributed by atoms with Gasteiger partial charge in [0.1, 0.15) is 5.15 Å². The molecule has 0 radical (unpaired) electrons. The van der Waals surface area contributed by atoms with Crippen LogP contribution in [0, 0.1) is 0 Å². The van der Waals surface area contributed by atoms with E-state index >= 15 is 0 Å². The molecule has 1 heterocycles. The minimum atomic E-state index is -0.672. The second-order valence-corrected chi connectivity index (χ2v) is 4.38. The van der Waals surface area contributed by atoms with Gasteiger partial charge in [0.2, 0.25) is 0 Å². The van der Waals surface area contributed by atoms with Crippen LogP contribution >= 0.6 is 47.2 Å². The molecule has 0 aliphatic carbocycles. The van der Waals surface area contributed by atoms with E-state index in [9.17, 15) is 4.79 Å². The molecule has 1 aromatic heterocycles. The van der Waals surface area contributed by atoms with Crippen LogP contribution in [0.5, 0.6) is 0 Å². The number of pyridine rings is 1. The van der Waals surface area contributed by atoms with E-state index in [1.807, 2.05) is 0 Å². The third kappa shape index (κ3) is 4.44. The molecule has 0 aromatic carbocycles. The van der Waals surface area contributed by atoms with Gasteiger partial charge in [0.25, 0.3) is 0 Å². The van der Waals surface area contributed by atoms with E-state index in [1.54, 1.807) is 6.92 Å². The summed E-state index contributed by atoms with van der Waals surface area (Å²) in [6, 6.07) is -0.672. The van der Waals surface area contributed by atoms with Crippen LogP contribution in [-0.4, -0.2) is 17.6 Å². The Labute approximate surface area is 126 Å². The highest BCUT2D eigenvalue weighted by atomic mass is 35.5. The SMILES string of the molecule is CCOC(=O)C[C@@H](N)c1c(Cl)cnc(Cl)c1Cl.Cl. The third-order valence-corrected chi connectivity index (χ3v) is 3.10. The maximum absolute atomic E-state index is 11.3. The summed E-state index contributed by atoms with van der Waals surface area (Å²) in [7, 11) is 0. The van der Waals surface area contributed by atoms with E-state index in [-0.39, 0.29) is 34.0 Å². The fourth-order valence-electron chi connectivity index (χ4n) is 1.30. The van der Waals surface area contributed by atoms with Gasteiger partial charge in [-0.05, 0) is 6.92 Å². The summed E-state index contributed by atoms with van der Waals surface area (Å²) in [6.07, 6.45) is 1.32. The lowest BCUT2D eigenvalue weighted by molar-refractivity contribution is -0.143. The van der Waals surface area contributed by atoms with Crippen molar-refractivity contribution in [2.75, 3.05) is 6.61 Å². The van der Waals surface area contributed by atoms with E-state index in [0.29, 0.717) is 12.2 Å². The van der Waals surface area contributed by atoms with E-state index in [0.717, 1.165) is 0 Å². The summed E-state index contributed by atoms with van der Waals surface area (Å²) < 4.78 is 4.79. The summed E-state index contributed by atoms with van der Waals surface area (Å²) in [5.74, 6) is -0.417. The van der Waals surface area contributed by atoms with Crippen molar-refractivity contribution in [1.82, 2.24) is 4.98 Å². The number of nitrogens with two attached hydrogens (primary N) is 1. The Morgan fingerprint density at radius 1 is 1.50 bits per heavy atom. The van der Waals surface area contributed by atoms with Crippen molar-refractivity contribution in [2.24, 2.45) is 5.73 Å². The highest BCUT2D eigenvalue weighted by Crippen LogP contribution is 2.34. The van der Waals surface area contributed by atoms with Crippen LogP contribution in [0.4, 0.5) is 0 Å². The van der Waals surface area contributed by atoms with E-state index in [2.05, 4.69) is 4.98 Å². The molecule has 4 nitrogen and oxygen atoms in total. The fraction of sp³-hybridized carbons (Fsp3) is 0.400. The molecule has 102 valence electrons. The average molecular weight is 334 g/mol. The van der Waals surface area contributed by atoms with Gasteiger partial charge in [-0.3, -0.25) is 4.79 Å². The van der Waals surface area contributed by atoms with Crippen molar-refractivity contribution < 1.29 is 9.53 Å². The van der Waals surface area contributed by atoms with Crippen molar-refractivity contribution in [2.45, 2.75) is 19.4 Å². The van der Waals surface area contributed by atoms with Crippen LogP contribution in [0.2, 0.25) is 15.2 Å². The van der Waals surface area contributed by atoms with Crippen LogP contribution in [0.3, 0.4) is 0 Å². The first kappa shape index (κ1) is 17.7. The maximum Gasteiger partial charge on any atom is 0.307 e. The Kier molecular flexibility index (Phi) is 7.90. The van der Waals surface area contributed by atoms with Crippen LogP contribution in [0.15, 0.2) is 6.20 Å². The number of nitrogens with zero attached hydrogens (tertiary/aromatic N) is 1. The highest BCUT2D eigenvalue weighted by Gasteiger charge is 2.20. The molecule has 2 N–H and O–H groups in total. The molecule has 1 rings (SSSR count). The molecular weight excluding hydrogens is 322 g/mol. The number of halogens is 4. The number of esters is 1. The molecule has 0 saturated carbocycles. The molecular formula is C10H12Cl4N2O2. The second-order valence-electron chi connectivity index (χ2n) is 3.24. The molecule has 8 heteroatoms. The van der Waals surface area contributed by atoms with E-state index < -0.39 is 12.0 Å². The highest BCUT2D eigenvalue weighted by molar-refractivity contribution is 6.43. The molecule has 0 aliphatic heterocycles. The number of hydrogen-bond donors (Lipinski definition) is 1. The monoisotopic (exact) mass is 332 g/mol. The Morgan fingerprint density at radius 3 is 2.67 bits per heavy atom. The van der Waals surface area contributed by atoms with Gasteiger partial charge in [-0.2, -0.15) is 0 Å². The number of hydrogen-bond acceptors (Lipinski definition) is 4. The van der Waals surface area contributed by atoms with Crippen molar-refractivity contribution in [3.05, 3.63) is 27.0 Å². The minimum Gasteiger partial charge on any atom is -0.466 e. The number of ether oxygens (including phenoxy) is 1. The summed E-state index contributed by atoms with van der Waals surface area (Å²) in [4.78, 5) is 15.1. The Balaban J connectivity index is 0.00000289. The molecule has 0 unspecified atom stereocenters. The maximum atomic E-state index is 11.3. The van der Waals surface area contributed by atoms with Gasteiger partial charge >= 0.3 is 5.97 Å². The van der Waals surface area contributed by atoms with Gasteiger partial charge in [0.15, 0.2) is 0 Å². The first-order valence-corrected chi connectivity index (χ1v) is 6.01. The molecule has 1 atom stereocenters. The van der Waals surface area contributed by atoms with E-state index in [1.165, 1.54) is 6.20 Å². The standard InChI is InChI=1S/C10H11Cl3N2O2.ClH/c1-2-17-7(16)3-6(14)8-5(11)4-15-10(13)9(8)12;/h4,6H,2-3,14H2,1H3;1H/t6-;/m1./s1. The predicted octanol–water partition coefficient (Wildman–Crippen LogP) is 3.42. The number of rotatable bonds is 4. The van der Waals surface area contributed by atoms with Gasteiger partial charge in [0, 0.05) is 17.8 Å². The lowest BCUT2D eigenvalue weighted by Crippen LogP contribution is -2.18. The Bertz CT molecular complexity index is 429. The molecule has 0 saturated heterocycles. The third-order valence-electron chi connectivity index (χ3n) is 2.03. The lowest BCUT2D eigenvalue weighted by Gasteiger charge is -2.14. The molecule has 0 spiro atoms. The Morgan fingerprint density at radius 2 is 2.11 bits per heavy atom. The van der Waals surface area contributed by atoms with E-state index in [4.69, 9.17) is 45.3 Å². The van der Waals surface area contributed by atoms with Crippen molar-refractivity contribution in [1.29, 1.82) is 0 Å². The minimum absolute atomic E-state index is 0. The number of aromatic nitrogens is 1. The summed E-state index contributed by atoms with van der Waals surface area (Å²) in [5.41, 5.74) is 6.24. The predicted molar refractivity (Wildman–Crippen MR) is 74.7 cm³/mol. The Hall–Kier alpha value is -0.260. The van der Waals surface area contributed by atoms with Crippen LogP contribution in [-0.2, 0) is 9.53 Å². The molecule has 0 bridgehead atoms. The van der Waals surface area contributed by atoms with Gasteiger partial charge in [-0.15, -0.1) is 12.4 Å².